The van der Waals surface area contributed by atoms with E-state index in [-0.39, 0.29) is 11.3 Å². The lowest BCUT2D eigenvalue weighted by atomic mass is 10.1. The van der Waals surface area contributed by atoms with Gasteiger partial charge in [0, 0.05) is 5.69 Å². The fourth-order valence-corrected chi connectivity index (χ4v) is 1.74. The van der Waals surface area contributed by atoms with E-state index in [9.17, 15) is 22.4 Å². The Kier molecular flexibility index (Phi) is 3.84. The first-order valence-corrected chi connectivity index (χ1v) is 5.82. The molecule has 0 aliphatic heterocycles. The highest BCUT2D eigenvalue weighted by molar-refractivity contribution is 6.07. The second-order valence-corrected chi connectivity index (χ2v) is 4.21. The fourth-order valence-electron chi connectivity index (χ4n) is 1.74. The summed E-state index contributed by atoms with van der Waals surface area (Å²) in [5.74, 6) is -2.32. The summed E-state index contributed by atoms with van der Waals surface area (Å²) in [6.07, 6.45) is -4.84. The third-order valence-corrected chi connectivity index (χ3v) is 2.76. The molecule has 0 spiro atoms. The third-order valence-electron chi connectivity index (χ3n) is 2.76. The number of carbonyl (C=O) groups is 1. The van der Waals surface area contributed by atoms with Crippen LogP contribution in [0.4, 0.5) is 28.9 Å². The van der Waals surface area contributed by atoms with Crippen LogP contribution in [0.3, 0.4) is 0 Å². The molecule has 3 nitrogen and oxygen atoms in total. The highest BCUT2D eigenvalue weighted by Crippen LogP contribution is 2.34. The van der Waals surface area contributed by atoms with Crippen LogP contribution in [0.25, 0.3) is 0 Å². The lowest BCUT2D eigenvalue weighted by Crippen LogP contribution is -2.17. The van der Waals surface area contributed by atoms with Gasteiger partial charge in [-0.1, -0.05) is 18.2 Å². The monoisotopic (exact) mass is 298 g/mol. The lowest BCUT2D eigenvalue weighted by molar-refractivity contribution is -0.139. The minimum atomic E-state index is -4.84. The Balaban J connectivity index is 2.33. The van der Waals surface area contributed by atoms with Gasteiger partial charge >= 0.3 is 6.18 Å². The van der Waals surface area contributed by atoms with Crippen LogP contribution in [0.2, 0.25) is 0 Å². The summed E-state index contributed by atoms with van der Waals surface area (Å²) < 4.78 is 51.5. The van der Waals surface area contributed by atoms with Crippen LogP contribution in [-0.4, -0.2) is 5.91 Å². The standard InChI is InChI=1S/C14H10F4N2O/c15-12-9(14(16,17)18)5-3-7-11(12)20-13(21)8-4-1-2-6-10(8)19/h1-7H,19H2,(H,20,21). The molecule has 2 rings (SSSR count). The number of halogens is 4. The van der Waals surface area contributed by atoms with Crippen molar-refractivity contribution in [3.8, 4) is 0 Å². The third kappa shape index (κ3) is 3.13. The minimum absolute atomic E-state index is 0.0503. The first-order chi connectivity index (χ1) is 9.80. The number of alkyl halides is 3. The quantitative estimate of drug-likeness (QED) is 0.656. The smallest absolute Gasteiger partial charge is 0.398 e. The zero-order valence-electron chi connectivity index (χ0n) is 10.5. The number of benzene rings is 2. The molecule has 0 bridgehead atoms. The topological polar surface area (TPSA) is 55.1 Å². The van der Waals surface area contributed by atoms with Crippen LogP contribution in [0.15, 0.2) is 42.5 Å². The van der Waals surface area contributed by atoms with Crippen molar-refractivity contribution in [3.63, 3.8) is 0 Å². The zero-order valence-corrected chi connectivity index (χ0v) is 10.5. The predicted molar refractivity (Wildman–Crippen MR) is 70.2 cm³/mol. The van der Waals surface area contributed by atoms with E-state index >= 15 is 0 Å². The van der Waals surface area contributed by atoms with Gasteiger partial charge in [0.15, 0.2) is 5.82 Å². The van der Waals surface area contributed by atoms with Gasteiger partial charge < -0.3 is 11.1 Å². The van der Waals surface area contributed by atoms with Crippen LogP contribution in [0.5, 0.6) is 0 Å². The number of hydrogen-bond donors (Lipinski definition) is 2. The number of anilines is 2. The second kappa shape index (κ2) is 5.43. The number of para-hydroxylation sites is 1. The number of nitrogens with two attached hydrogens (primary N) is 1. The molecule has 0 fully saturated rings. The first-order valence-electron chi connectivity index (χ1n) is 5.82. The van der Waals surface area contributed by atoms with Gasteiger partial charge in [0.25, 0.3) is 5.91 Å². The number of hydrogen-bond acceptors (Lipinski definition) is 2. The second-order valence-electron chi connectivity index (χ2n) is 4.21. The van der Waals surface area contributed by atoms with Gasteiger partial charge in [0.2, 0.25) is 0 Å². The summed E-state index contributed by atoms with van der Waals surface area (Å²) in [5, 5.41) is 2.09. The van der Waals surface area contributed by atoms with Gasteiger partial charge in [-0.25, -0.2) is 4.39 Å². The molecule has 0 atom stereocenters. The molecule has 110 valence electrons. The molecule has 0 aromatic heterocycles. The van der Waals surface area contributed by atoms with E-state index < -0.39 is 29.2 Å². The minimum Gasteiger partial charge on any atom is -0.398 e. The van der Waals surface area contributed by atoms with Crippen molar-refractivity contribution >= 4 is 17.3 Å². The van der Waals surface area contributed by atoms with Crippen molar-refractivity contribution in [2.24, 2.45) is 0 Å². The van der Waals surface area contributed by atoms with Gasteiger partial charge in [0.05, 0.1) is 16.8 Å². The van der Waals surface area contributed by atoms with Gasteiger partial charge in [0.1, 0.15) is 0 Å². The number of nitrogen functional groups attached to an aromatic ring is 1. The van der Waals surface area contributed by atoms with Crippen molar-refractivity contribution in [3.05, 3.63) is 59.4 Å². The molecule has 0 unspecified atom stereocenters. The Bertz CT molecular complexity index is 683. The molecule has 2 aromatic rings. The number of carbonyl (C=O) groups excluding carboxylic acids is 1. The molecule has 0 saturated carbocycles. The average molecular weight is 298 g/mol. The van der Waals surface area contributed by atoms with Gasteiger partial charge in [-0.3, -0.25) is 4.79 Å². The van der Waals surface area contributed by atoms with Crippen LogP contribution in [-0.2, 0) is 6.18 Å². The normalized spacial score (nSPS) is 11.2. The van der Waals surface area contributed by atoms with Crippen molar-refractivity contribution < 1.29 is 22.4 Å². The van der Waals surface area contributed by atoms with Crippen molar-refractivity contribution in [1.82, 2.24) is 0 Å². The highest BCUT2D eigenvalue weighted by atomic mass is 19.4. The van der Waals surface area contributed by atoms with E-state index in [0.717, 1.165) is 12.1 Å². The summed E-state index contributed by atoms with van der Waals surface area (Å²) >= 11 is 0. The molecule has 0 heterocycles. The van der Waals surface area contributed by atoms with Crippen molar-refractivity contribution in [2.45, 2.75) is 6.18 Å². The fraction of sp³-hybridized carbons (Fsp3) is 0.0714. The lowest BCUT2D eigenvalue weighted by Gasteiger charge is -2.12. The van der Waals surface area contributed by atoms with Crippen molar-refractivity contribution in [1.29, 1.82) is 0 Å². The first kappa shape index (κ1) is 14.8. The predicted octanol–water partition coefficient (Wildman–Crippen LogP) is 3.68. The maximum atomic E-state index is 13.8. The zero-order chi connectivity index (χ0) is 15.6. The summed E-state index contributed by atoms with van der Waals surface area (Å²) in [5.41, 5.74) is 3.77. The molecule has 0 aliphatic carbocycles. The van der Waals surface area contributed by atoms with Crippen LogP contribution < -0.4 is 11.1 Å². The van der Waals surface area contributed by atoms with Crippen molar-refractivity contribution in [2.75, 3.05) is 11.1 Å². The Morgan fingerprint density at radius 3 is 2.33 bits per heavy atom. The molecule has 0 saturated heterocycles. The number of rotatable bonds is 2. The molecule has 1 amide bonds. The molecule has 3 N–H and O–H groups in total. The SMILES string of the molecule is Nc1ccccc1C(=O)Nc1cccc(C(F)(F)F)c1F. The Morgan fingerprint density at radius 1 is 1.05 bits per heavy atom. The molecular weight excluding hydrogens is 288 g/mol. The van der Waals surface area contributed by atoms with Gasteiger partial charge in [-0.2, -0.15) is 13.2 Å². The number of amides is 1. The summed E-state index contributed by atoms with van der Waals surface area (Å²) in [6, 6.07) is 8.62. The van der Waals surface area contributed by atoms with Crippen LogP contribution >= 0.6 is 0 Å². The largest absolute Gasteiger partial charge is 0.419 e. The molecule has 2 aromatic carbocycles. The van der Waals surface area contributed by atoms with E-state index in [1.807, 2.05) is 0 Å². The number of nitrogens with one attached hydrogen (secondary N) is 1. The Morgan fingerprint density at radius 2 is 1.71 bits per heavy atom. The maximum absolute atomic E-state index is 13.8. The highest BCUT2D eigenvalue weighted by Gasteiger charge is 2.35. The Hall–Kier alpha value is -2.57. The average Bonchev–Trinajstić information content (AvgIpc) is 2.40. The van der Waals surface area contributed by atoms with E-state index in [1.54, 1.807) is 6.07 Å². The van der Waals surface area contributed by atoms with E-state index in [4.69, 9.17) is 5.73 Å². The molecule has 7 heteroatoms. The maximum Gasteiger partial charge on any atom is 0.419 e. The van der Waals surface area contributed by atoms with E-state index in [1.165, 1.54) is 18.2 Å². The Labute approximate surface area is 117 Å². The molecular formula is C14H10F4N2O. The van der Waals surface area contributed by atoms with Crippen LogP contribution in [0.1, 0.15) is 15.9 Å². The summed E-state index contributed by atoms with van der Waals surface area (Å²) in [4.78, 5) is 11.9. The summed E-state index contributed by atoms with van der Waals surface area (Å²) in [6.45, 7) is 0. The van der Waals surface area contributed by atoms with Crippen LogP contribution in [0, 0.1) is 5.82 Å². The van der Waals surface area contributed by atoms with E-state index in [2.05, 4.69) is 5.32 Å². The molecule has 0 radical (unpaired) electrons. The molecule has 21 heavy (non-hydrogen) atoms. The molecule has 0 aliphatic rings. The van der Waals surface area contributed by atoms with Gasteiger partial charge in [-0.05, 0) is 24.3 Å². The van der Waals surface area contributed by atoms with E-state index in [0.29, 0.717) is 6.07 Å². The summed E-state index contributed by atoms with van der Waals surface area (Å²) in [7, 11) is 0. The van der Waals surface area contributed by atoms with Gasteiger partial charge in [-0.15, -0.1) is 0 Å².